The van der Waals surface area contributed by atoms with Gasteiger partial charge in [-0.05, 0) is 20.8 Å². The molecular formula is C10H17NO4. The Labute approximate surface area is 89.4 Å². The summed E-state index contributed by atoms with van der Waals surface area (Å²) in [6.07, 6.45) is 2.99. The number of hydrogen-bond acceptors (Lipinski definition) is 4. The van der Waals surface area contributed by atoms with E-state index in [1.165, 1.54) is 0 Å². The maximum absolute atomic E-state index is 11.2. The maximum atomic E-state index is 11.2. The van der Waals surface area contributed by atoms with Crippen molar-refractivity contribution in [2.75, 3.05) is 6.61 Å². The minimum atomic E-state index is -1.23. The van der Waals surface area contributed by atoms with Gasteiger partial charge in [-0.25, -0.2) is 4.79 Å². The summed E-state index contributed by atoms with van der Waals surface area (Å²) >= 11 is 0. The van der Waals surface area contributed by atoms with Crippen molar-refractivity contribution < 1.29 is 19.7 Å². The second kappa shape index (κ2) is 5.59. The van der Waals surface area contributed by atoms with Crippen molar-refractivity contribution in [1.29, 1.82) is 0 Å². The average molecular weight is 215 g/mol. The van der Waals surface area contributed by atoms with E-state index in [1.54, 1.807) is 20.8 Å². The first-order valence-corrected chi connectivity index (χ1v) is 4.54. The molecule has 5 heteroatoms. The normalized spacial score (nSPS) is 14.9. The highest BCUT2D eigenvalue weighted by atomic mass is 16.6. The molecular weight excluding hydrogens is 198 g/mol. The monoisotopic (exact) mass is 215 g/mol. The van der Waals surface area contributed by atoms with Crippen molar-refractivity contribution in [1.82, 2.24) is 5.32 Å². The number of ether oxygens (including phenoxy) is 1. The molecule has 0 aliphatic rings. The average Bonchev–Trinajstić information content (AvgIpc) is 2.10. The molecule has 0 aromatic heterocycles. The molecule has 0 bridgehead atoms. The van der Waals surface area contributed by atoms with E-state index in [0.717, 1.165) is 0 Å². The Morgan fingerprint density at radius 2 is 2.13 bits per heavy atom. The smallest absolute Gasteiger partial charge is 0.408 e. The highest BCUT2D eigenvalue weighted by Gasteiger charge is 2.22. The number of terminal acetylenes is 1. The van der Waals surface area contributed by atoms with Gasteiger partial charge in [0.2, 0.25) is 0 Å². The number of amides is 1. The van der Waals surface area contributed by atoms with Gasteiger partial charge in [-0.15, -0.1) is 6.42 Å². The molecule has 1 amide bonds. The lowest BCUT2D eigenvalue weighted by Crippen LogP contribution is -2.47. The van der Waals surface area contributed by atoms with E-state index in [-0.39, 0.29) is 0 Å². The Kier molecular flexibility index (Phi) is 5.12. The van der Waals surface area contributed by atoms with Gasteiger partial charge in [0.05, 0.1) is 12.6 Å². The molecule has 3 N–H and O–H groups in total. The lowest BCUT2D eigenvalue weighted by Gasteiger charge is -2.23. The molecule has 0 heterocycles. The molecule has 2 atom stereocenters. The van der Waals surface area contributed by atoms with Crippen LogP contribution < -0.4 is 5.32 Å². The second-order valence-electron chi connectivity index (χ2n) is 4.05. The Morgan fingerprint density at radius 1 is 1.60 bits per heavy atom. The Morgan fingerprint density at radius 3 is 2.47 bits per heavy atom. The fourth-order valence-corrected chi connectivity index (χ4v) is 0.800. The van der Waals surface area contributed by atoms with Crippen LogP contribution in [0.5, 0.6) is 0 Å². The van der Waals surface area contributed by atoms with Crippen LogP contribution in [0.2, 0.25) is 0 Å². The Bertz CT molecular complexity index is 251. The zero-order valence-electron chi connectivity index (χ0n) is 9.15. The predicted molar refractivity (Wildman–Crippen MR) is 55.1 cm³/mol. The molecule has 0 radical (unpaired) electrons. The zero-order valence-corrected chi connectivity index (χ0v) is 9.15. The summed E-state index contributed by atoms with van der Waals surface area (Å²) in [5.74, 6) is 2.01. The van der Waals surface area contributed by atoms with E-state index in [9.17, 15) is 9.90 Å². The third-order valence-electron chi connectivity index (χ3n) is 1.45. The van der Waals surface area contributed by atoms with Gasteiger partial charge in [0.25, 0.3) is 0 Å². The minimum absolute atomic E-state index is 0.454. The number of carbonyl (C=O) groups excluding carboxylic acids is 1. The fourth-order valence-electron chi connectivity index (χ4n) is 0.800. The highest BCUT2D eigenvalue weighted by Crippen LogP contribution is 2.07. The van der Waals surface area contributed by atoms with Gasteiger partial charge in [0.15, 0.2) is 0 Å². The van der Waals surface area contributed by atoms with Crippen LogP contribution in [0.4, 0.5) is 4.79 Å². The molecule has 0 aliphatic carbocycles. The maximum Gasteiger partial charge on any atom is 0.408 e. The van der Waals surface area contributed by atoms with Crippen LogP contribution in [0, 0.1) is 12.3 Å². The number of nitrogens with one attached hydrogen (secondary N) is 1. The third-order valence-corrected chi connectivity index (χ3v) is 1.45. The summed E-state index contributed by atoms with van der Waals surface area (Å²) in [5.41, 5.74) is -0.634. The standard InChI is InChI=1S/C10H17NO4/c1-5-8(13)7(6-12)11-9(14)15-10(2,3)4/h1,7-8,12-13H,6H2,2-4H3,(H,11,14)/t7-,8-/m1/s1. The van der Waals surface area contributed by atoms with Gasteiger partial charge in [-0.2, -0.15) is 0 Å². The summed E-state index contributed by atoms with van der Waals surface area (Å²) < 4.78 is 4.92. The van der Waals surface area contributed by atoms with Crippen molar-refractivity contribution in [3.63, 3.8) is 0 Å². The van der Waals surface area contributed by atoms with E-state index in [0.29, 0.717) is 0 Å². The summed E-state index contributed by atoms with van der Waals surface area (Å²) in [6, 6.07) is -0.912. The van der Waals surface area contributed by atoms with Gasteiger partial charge in [-0.1, -0.05) is 5.92 Å². The zero-order chi connectivity index (χ0) is 12.1. The first kappa shape index (κ1) is 13.8. The number of rotatable bonds is 3. The first-order valence-electron chi connectivity index (χ1n) is 4.54. The van der Waals surface area contributed by atoms with Crippen LogP contribution in [0.15, 0.2) is 0 Å². The summed E-state index contributed by atoms with van der Waals surface area (Å²) in [7, 11) is 0. The molecule has 0 rings (SSSR count). The van der Waals surface area contributed by atoms with E-state index in [2.05, 4.69) is 5.32 Å². The lowest BCUT2D eigenvalue weighted by molar-refractivity contribution is 0.0413. The quantitative estimate of drug-likeness (QED) is 0.573. The van der Waals surface area contributed by atoms with Crippen molar-refractivity contribution in [3.05, 3.63) is 0 Å². The molecule has 0 aliphatic heterocycles. The number of hydrogen-bond donors (Lipinski definition) is 3. The van der Waals surface area contributed by atoms with Gasteiger partial charge in [0, 0.05) is 0 Å². The van der Waals surface area contributed by atoms with Crippen molar-refractivity contribution >= 4 is 6.09 Å². The van der Waals surface area contributed by atoms with Gasteiger partial charge in [0.1, 0.15) is 11.7 Å². The van der Waals surface area contributed by atoms with Gasteiger partial charge in [-0.3, -0.25) is 0 Å². The SMILES string of the molecule is C#C[C@@H](O)[C@@H](CO)NC(=O)OC(C)(C)C. The molecule has 86 valence electrons. The van der Waals surface area contributed by atoms with Crippen LogP contribution in [0.3, 0.4) is 0 Å². The van der Waals surface area contributed by atoms with Crippen LogP contribution in [0.25, 0.3) is 0 Å². The van der Waals surface area contributed by atoms with Crippen LogP contribution in [-0.2, 0) is 4.74 Å². The van der Waals surface area contributed by atoms with Crippen molar-refractivity contribution in [2.45, 2.75) is 38.5 Å². The largest absolute Gasteiger partial charge is 0.444 e. The minimum Gasteiger partial charge on any atom is -0.444 e. The topological polar surface area (TPSA) is 78.8 Å². The molecule has 0 saturated carbocycles. The molecule has 5 nitrogen and oxygen atoms in total. The highest BCUT2D eigenvalue weighted by molar-refractivity contribution is 5.68. The van der Waals surface area contributed by atoms with Crippen LogP contribution in [0.1, 0.15) is 20.8 Å². The fraction of sp³-hybridized carbons (Fsp3) is 0.700. The molecule has 0 fully saturated rings. The number of aliphatic hydroxyl groups excluding tert-OH is 2. The molecule has 15 heavy (non-hydrogen) atoms. The van der Waals surface area contributed by atoms with E-state index in [1.807, 2.05) is 5.92 Å². The number of aliphatic hydroxyl groups is 2. The van der Waals surface area contributed by atoms with E-state index in [4.69, 9.17) is 16.3 Å². The molecule has 0 spiro atoms. The molecule has 0 aromatic rings. The van der Waals surface area contributed by atoms with Crippen LogP contribution >= 0.6 is 0 Å². The van der Waals surface area contributed by atoms with Crippen LogP contribution in [-0.4, -0.2) is 40.7 Å². The van der Waals surface area contributed by atoms with E-state index < -0.39 is 30.4 Å². The summed E-state index contributed by atoms with van der Waals surface area (Å²) in [5, 5.41) is 20.3. The van der Waals surface area contributed by atoms with Crippen molar-refractivity contribution in [3.8, 4) is 12.3 Å². The Hall–Kier alpha value is -1.25. The Balaban J connectivity index is 4.21. The summed E-state index contributed by atoms with van der Waals surface area (Å²) in [6.45, 7) is 4.67. The molecule has 0 saturated heterocycles. The second-order valence-corrected chi connectivity index (χ2v) is 4.05. The predicted octanol–water partition coefficient (Wildman–Crippen LogP) is -0.134. The molecule has 0 unspecified atom stereocenters. The van der Waals surface area contributed by atoms with Gasteiger partial charge < -0.3 is 20.3 Å². The first-order chi connectivity index (χ1) is 6.80. The number of alkyl carbamates (subject to hydrolysis) is 1. The lowest BCUT2D eigenvalue weighted by atomic mass is 10.2. The number of carbonyl (C=O) groups is 1. The van der Waals surface area contributed by atoms with Gasteiger partial charge >= 0.3 is 6.09 Å². The third kappa shape index (κ3) is 5.94. The summed E-state index contributed by atoms with van der Waals surface area (Å²) in [4.78, 5) is 11.2. The van der Waals surface area contributed by atoms with E-state index >= 15 is 0 Å². The van der Waals surface area contributed by atoms with Crippen molar-refractivity contribution in [2.24, 2.45) is 0 Å². The molecule has 0 aromatic carbocycles.